The predicted molar refractivity (Wildman–Crippen MR) is 27.3 cm³/mol. The van der Waals surface area contributed by atoms with Crippen molar-refractivity contribution in [3.05, 3.63) is 12.0 Å². The summed E-state index contributed by atoms with van der Waals surface area (Å²) in [4.78, 5) is 15.8. The van der Waals surface area contributed by atoms with Crippen LogP contribution in [-0.4, -0.2) is 15.9 Å². The number of imidazole rings is 1. The summed E-state index contributed by atoms with van der Waals surface area (Å²) in [6.07, 6.45) is 1.19. The molecule has 1 aromatic rings. The number of carboxylic acids is 1. The predicted octanol–water partition coefficient (Wildman–Crippen LogP) is -1.64. The lowest BCUT2D eigenvalue weighted by Crippen LogP contribution is -2.23. The number of aromatic amines is 1. The Morgan fingerprint density at radius 3 is 2.78 bits per heavy atom. The molecule has 9 heavy (non-hydrogen) atoms. The molecule has 0 unspecified atom stereocenters. The Labute approximate surface area is 50.5 Å². The van der Waals surface area contributed by atoms with Gasteiger partial charge in [-0.05, 0) is 0 Å². The van der Waals surface area contributed by atoms with Gasteiger partial charge in [-0.2, -0.15) is 0 Å². The molecule has 1 aromatic heterocycles. The van der Waals surface area contributed by atoms with Crippen LogP contribution in [-0.2, 0) is 0 Å². The Morgan fingerprint density at radius 2 is 2.56 bits per heavy atom. The van der Waals surface area contributed by atoms with E-state index in [0.29, 0.717) is 0 Å². The van der Waals surface area contributed by atoms with Crippen molar-refractivity contribution in [2.24, 2.45) is 0 Å². The zero-order chi connectivity index (χ0) is 6.85. The zero-order valence-corrected chi connectivity index (χ0v) is 4.42. The van der Waals surface area contributed by atoms with Gasteiger partial charge in [-0.1, -0.05) is 0 Å². The first-order chi connectivity index (χ1) is 4.22. The molecule has 0 bridgehead atoms. The first-order valence-electron chi connectivity index (χ1n) is 2.22. The molecule has 0 aliphatic carbocycles. The second-order valence-electron chi connectivity index (χ2n) is 1.45. The maximum absolute atomic E-state index is 10.0. The number of nitrogen functional groups attached to an aromatic ring is 1. The third-order valence-electron chi connectivity index (χ3n) is 0.873. The van der Waals surface area contributed by atoms with Crippen molar-refractivity contribution in [2.75, 3.05) is 5.73 Å². The van der Waals surface area contributed by atoms with Gasteiger partial charge in [-0.3, -0.25) is 0 Å². The van der Waals surface area contributed by atoms with Crippen LogP contribution in [0.5, 0.6) is 0 Å². The molecule has 0 amide bonds. The summed E-state index contributed by atoms with van der Waals surface area (Å²) in [5, 5.41) is 10.0. The summed E-state index contributed by atoms with van der Waals surface area (Å²) in [6.45, 7) is 0. The Kier molecular flexibility index (Phi) is 1.11. The van der Waals surface area contributed by atoms with E-state index in [1.54, 1.807) is 0 Å². The van der Waals surface area contributed by atoms with Gasteiger partial charge in [0.1, 0.15) is 5.69 Å². The number of aromatic carboxylic acids is 1. The number of carbonyl (C=O) groups excluding carboxylic acids is 1. The standard InChI is InChI=1S/C4H5N3O2/c5-3-2(4(8)9)6-1-7-3/h1H,5H2,(H,6,7)(H,8,9)/p-1. The average Bonchev–Trinajstić information content (AvgIpc) is 2.13. The quantitative estimate of drug-likeness (QED) is 0.471. The monoisotopic (exact) mass is 126 g/mol. The van der Waals surface area contributed by atoms with Crippen molar-refractivity contribution in [1.29, 1.82) is 0 Å². The van der Waals surface area contributed by atoms with E-state index in [0.717, 1.165) is 0 Å². The van der Waals surface area contributed by atoms with Gasteiger partial charge in [0, 0.05) is 0 Å². The summed E-state index contributed by atoms with van der Waals surface area (Å²) < 4.78 is 0. The Morgan fingerprint density at radius 1 is 1.89 bits per heavy atom. The topological polar surface area (TPSA) is 94.8 Å². The highest BCUT2D eigenvalue weighted by atomic mass is 16.4. The number of hydrogen-bond donors (Lipinski definition) is 2. The minimum absolute atomic E-state index is 0.0463. The van der Waals surface area contributed by atoms with E-state index in [-0.39, 0.29) is 11.5 Å². The highest BCUT2D eigenvalue weighted by Crippen LogP contribution is 2.00. The Hall–Kier alpha value is -1.52. The first kappa shape index (κ1) is 5.61. The lowest BCUT2D eigenvalue weighted by Gasteiger charge is -1.95. The molecule has 0 aliphatic heterocycles. The van der Waals surface area contributed by atoms with Crippen molar-refractivity contribution < 1.29 is 9.90 Å². The molecular weight excluding hydrogens is 122 g/mol. The number of aromatic nitrogens is 2. The fraction of sp³-hybridized carbons (Fsp3) is 0. The molecule has 0 aromatic carbocycles. The first-order valence-corrected chi connectivity index (χ1v) is 2.22. The van der Waals surface area contributed by atoms with E-state index in [2.05, 4.69) is 9.97 Å². The van der Waals surface area contributed by atoms with E-state index in [4.69, 9.17) is 5.73 Å². The van der Waals surface area contributed by atoms with Crippen molar-refractivity contribution in [3.63, 3.8) is 0 Å². The smallest absolute Gasteiger partial charge is 0.150 e. The van der Waals surface area contributed by atoms with Crippen LogP contribution in [0.4, 0.5) is 5.82 Å². The van der Waals surface area contributed by atoms with Crippen LogP contribution in [0.3, 0.4) is 0 Å². The number of nitrogens with one attached hydrogen (secondary N) is 1. The number of rotatable bonds is 1. The third-order valence-corrected chi connectivity index (χ3v) is 0.873. The van der Waals surface area contributed by atoms with Gasteiger partial charge in [0.2, 0.25) is 0 Å². The molecular formula is C4H4N3O2-. The molecule has 0 spiro atoms. The fourth-order valence-electron chi connectivity index (χ4n) is 0.468. The van der Waals surface area contributed by atoms with E-state index in [1.165, 1.54) is 6.33 Å². The van der Waals surface area contributed by atoms with Crippen LogP contribution in [0.1, 0.15) is 10.5 Å². The number of nitrogens with two attached hydrogens (primary N) is 1. The third kappa shape index (κ3) is 0.835. The van der Waals surface area contributed by atoms with Crippen molar-refractivity contribution >= 4 is 11.8 Å². The summed E-state index contributed by atoms with van der Waals surface area (Å²) in [7, 11) is 0. The van der Waals surface area contributed by atoms with Gasteiger partial charge in [0.15, 0.2) is 5.82 Å². The highest BCUT2D eigenvalue weighted by molar-refractivity contribution is 5.88. The highest BCUT2D eigenvalue weighted by Gasteiger charge is 1.99. The number of carboxylic acid groups (broad SMARTS) is 1. The molecule has 1 rings (SSSR count). The molecule has 0 atom stereocenters. The summed E-state index contributed by atoms with van der Waals surface area (Å²) in [5.41, 5.74) is 4.91. The van der Waals surface area contributed by atoms with Gasteiger partial charge >= 0.3 is 0 Å². The van der Waals surface area contributed by atoms with Gasteiger partial charge in [0.25, 0.3) is 0 Å². The summed E-state index contributed by atoms with van der Waals surface area (Å²) in [6, 6.07) is 0. The lowest BCUT2D eigenvalue weighted by molar-refractivity contribution is -0.255. The molecule has 0 radical (unpaired) electrons. The van der Waals surface area contributed by atoms with Crippen LogP contribution in [0.25, 0.3) is 0 Å². The number of anilines is 1. The summed E-state index contributed by atoms with van der Waals surface area (Å²) in [5.74, 6) is -1.39. The zero-order valence-electron chi connectivity index (χ0n) is 4.42. The molecule has 5 heteroatoms. The fourth-order valence-corrected chi connectivity index (χ4v) is 0.468. The molecule has 48 valence electrons. The average molecular weight is 126 g/mol. The number of H-pyrrole nitrogens is 1. The van der Waals surface area contributed by atoms with E-state index >= 15 is 0 Å². The molecule has 0 saturated carbocycles. The van der Waals surface area contributed by atoms with Gasteiger partial charge in [-0.15, -0.1) is 0 Å². The van der Waals surface area contributed by atoms with Crippen LogP contribution in [0.15, 0.2) is 6.33 Å². The van der Waals surface area contributed by atoms with Crippen molar-refractivity contribution in [3.8, 4) is 0 Å². The number of hydrogen-bond acceptors (Lipinski definition) is 4. The minimum atomic E-state index is -1.34. The van der Waals surface area contributed by atoms with Crippen LogP contribution < -0.4 is 10.8 Å². The molecule has 0 fully saturated rings. The van der Waals surface area contributed by atoms with Crippen LogP contribution in [0.2, 0.25) is 0 Å². The van der Waals surface area contributed by atoms with E-state index in [1.807, 2.05) is 0 Å². The molecule has 0 aliphatic rings. The molecule has 5 nitrogen and oxygen atoms in total. The Balaban J connectivity index is 3.08. The SMILES string of the molecule is Nc1nc[nH]c1C(=O)[O-]. The maximum Gasteiger partial charge on any atom is 0.150 e. The van der Waals surface area contributed by atoms with Crippen molar-refractivity contribution in [2.45, 2.75) is 0 Å². The largest absolute Gasteiger partial charge is 0.543 e. The van der Waals surface area contributed by atoms with Gasteiger partial charge in [0.05, 0.1) is 12.3 Å². The minimum Gasteiger partial charge on any atom is -0.543 e. The Bertz CT molecular complexity index is 229. The van der Waals surface area contributed by atoms with Crippen LogP contribution >= 0.6 is 0 Å². The van der Waals surface area contributed by atoms with Gasteiger partial charge < -0.3 is 20.6 Å². The second-order valence-corrected chi connectivity index (χ2v) is 1.45. The van der Waals surface area contributed by atoms with Crippen LogP contribution in [0, 0.1) is 0 Å². The lowest BCUT2D eigenvalue weighted by atomic mass is 10.4. The number of carbonyl (C=O) groups is 1. The van der Waals surface area contributed by atoms with Crippen molar-refractivity contribution in [1.82, 2.24) is 9.97 Å². The van der Waals surface area contributed by atoms with E-state index in [9.17, 15) is 9.90 Å². The molecule has 1 heterocycles. The normalized spacial score (nSPS) is 9.33. The molecule has 0 saturated heterocycles. The maximum atomic E-state index is 10.0. The number of nitrogens with zero attached hydrogens (tertiary/aromatic N) is 1. The van der Waals surface area contributed by atoms with Gasteiger partial charge in [-0.25, -0.2) is 4.98 Å². The molecule has 3 N–H and O–H groups in total. The second kappa shape index (κ2) is 1.77. The van der Waals surface area contributed by atoms with E-state index < -0.39 is 5.97 Å². The summed E-state index contributed by atoms with van der Waals surface area (Å²) >= 11 is 0.